The molecule has 0 radical (unpaired) electrons. The molecule has 3 aromatic rings. The van der Waals surface area contributed by atoms with Gasteiger partial charge in [0.05, 0.1) is 24.8 Å². The van der Waals surface area contributed by atoms with E-state index in [2.05, 4.69) is 5.32 Å². The molecular formula is C32H38FN3O6S. The fraction of sp³-hybridized carbons (Fsp3) is 0.375. The van der Waals surface area contributed by atoms with Gasteiger partial charge in [0, 0.05) is 18.7 Å². The fourth-order valence-corrected chi connectivity index (χ4v) is 6.54. The Kier molecular flexibility index (Phi) is 10.3. The van der Waals surface area contributed by atoms with Crippen LogP contribution in [0.15, 0.2) is 71.6 Å². The smallest absolute Gasteiger partial charge is 0.264 e. The van der Waals surface area contributed by atoms with Crippen molar-refractivity contribution in [2.24, 2.45) is 0 Å². The number of carbonyl (C=O) groups excluding carboxylic acids is 2. The van der Waals surface area contributed by atoms with Crippen molar-refractivity contribution in [3.05, 3.63) is 83.7 Å². The number of methoxy groups -OCH3 is 2. The molecule has 0 spiro atoms. The van der Waals surface area contributed by atoms with Crippen LogP contribution < -0.4 is 19.1 Å². The Morgan fingerprint density at radius 2 is 1.58 bits per heavy atom. The number of hydrogen-bond donors (Lipinski definition) is 1. The monoisotopic (exact) mass is 611 g/mol. The Balaban J connectivity index is 1.71. The van der Waals surface area contributed by atoms with Crippen molar-refractivity contribution in [3.8, 4) is 11.5 Å². The highest BCUT2D eigenvalue weighted by Crippen LogP contribution is 2.32. The Labute approximate surface area is 252 Å². The van der Waals surface area contributed by atoms with Gasteiger partial charge in [0.2, 0.25) is 11.8 Å². The van der Waals surface area contributed by atoms with Crippen LogP contribution in [0.1, 0.15) is 43.7 Å². The van der Waals surface area contributed by atoms with E-state index in [-0.39, 0.29) is 34.8 Å². The molecule has 0 bridgehead atoms. The average molecular weight is 612 g/mol. The molecule has 0 heterocycles. The lowest BCUT2D eigenvalue weighted by molar-refractivity contribution is -0.139. The molecule has 1 fully saturated rings. The minimum Gasteiger partial charge on any atom is -0.493 e. The van der Waals surface area contributed by atoms with E-state index in [1.807, 2.05) is 31.2 Å². The maximum Gasteiger partial charge on any atom is 0.264 e. The summed E-state index contributed by atoms with van der Waals surface area (Å²) in [5, 5.41) is 3.05. The number of sulfonamides is 1. The van der Waals surface area contributed by atoms with Crippen LogP contribution in [0.2, 0.25) is 0 Å². The molecule has 3 aromatic carbocycles. The van der Waals surface area contributed by atoms with Crippen LogP contribution in [0.25, 0.3) is 0 Å². The Morgan fingerprint density at radius 3 is 2.19 bits per heavy atom. The number of carbonyl (C=O) groups is 2. The summed E-state index contributed by atoms with van der Waals surface area (Å²) in [4.78, 5) is 28.6. The third-order valence-corrected chi connectivity index (χ3v) is 9.45. The molecular weight excluding hydrogens is 573 g/mol. The number of aryl methyl sites for hydroxylation is 1. The topological polar surface area (TPSA) is 105 Å². The first-order chi connectivity index (χ1) is 20.5. The summed E-state index contributed by atoms with van der Waals surface area (Å²) in [6.07, 6.45) is 3.83. The summed E-state index contributed by atoms with van der Waals surface area (Å²) in [5.74, 6) is -0.937. The number of nitrogens with one attached hydrogen (secondary N) is 1. The highest BCUT2D eigenvalue weighted by molar-refractivity contribution is 7.92. The van der Waals surface area contributed by atoms with Crippen molar-refractivity contribution >= 4 is 27.5 Å². The van der Waals surface area contributed by atoms with Gasteiger partial charge in [0.25, 0.3) is 10.0 Å². The summed E-state index contributed by atoms with van der Waals surface area (Å²) in [5.41, 5.74) is 1.91. The summed E-state index contributed by atoms with van der Waals surface area (Å²) in [6, 6.07) is 15.7. The zero-order chi connectivity index (χ0) is 31.1. The molecule has 1 saturated carbocycles. The quantitative estimate of drug-likeness (QED) is 0.315. The molecule has 9 nitrogen and oxygen atoms in total. The van der Waals surface area contributed by atoms with E-state index < -0.39 is 34.3 Å². The van der Waals surface area contributed by atoms with Gasteiger partial charge >= 0.3 is 0 Å². The highest BCUT2D eigenvalue weighted by atomic mass is 32.2. The van der Waals surface area contributed by atoms with Gasteiger partial charge in [-0.3, -0.25) is 13.9 Å². The van der Waals surface area contributed by atoms with Crippen molar-refractivity contribution in [3.63, 3.8) is 0 Å². The second kappa shape index (κ2) is 13.9. The second-order valence-corrected chi connectivity index (χ2v) is 12.5. The third kappa shape index (κ3) is 7.64. The van der Waals surface area contributed by atoms with E-state index in [4.69, 9.17) is 9.47 Å². The number of nitrogens with zero attached hydrogens (tertiary/aromatic N) is 2. The molecule has 1 unspecified atom stereocenters. The van der Waals surface area contributed by atoms with Crippen molar-refractivity contribution < 1.29 is 31.9 Å². The normalized spacial score (nSPS) is 14.2. The van der Waals surface area contributed by atoms with Crippen LogP contribution >= 0.6 is 0 Å². The predicted molar refractivity (Wildman–Crippen MR) is 162 cm³/mol. The van der Waals surface area contributed by atoms with E-state index in [0.29, 0.717) is 5.75 Å². The summed E-state index contributed by atoms with van der Waals surface area (Å²) in [7, 11) is -1.55. The van der Waals surface area contributed by atoms with Gasteiger partial charge in [-0.1, -0.05) is 42.7 Å². The van der Waals surface area contributed by atoms with Gasteiger partial charge < -0.3 is 19.7 Å². The lowest BCUT2D eigenvalue weighted by atomic mass is 10.1. The lowest BCUT2D eigenvalue weighted by Gasteiger charge is -2.32. The van der Waals surface area contributed by atoms with E-state index >= 15 is 0 Å². The Morgan fingerprint density at radius 1 is 0.953 bits per heavy atom. The maximum absolute atomic E-state index is 14.1. The molecule has 0 aromatic heterocycles. The molecule has 4 rings (SSSR count). The third-order valence-electron chi connectivity index (χ3n) is 7.68. The van der Waals surface area contributed by atoms with Crippen molar-refractivity contribution in [2.45, 2.75) is 63.1 Å². The predicted octanol–water partition coefficient (Wildman–Crippen LogP) is 4.82. The number of rotatable bonds is 12. The number of hydrogen-bond acceptors (Lipinski definition) is 6. The Bertz CT molecular complexity index is 1520. The largest absolute Gasteiger partial charge is 0.493 e. The minimum atomic E-state index is -4.37. The first-order valence-electron chi connectivity index (χ1n) is 14.2. The van der Waals surface area contributed by atoms with Crippen LogP contribution in [0.3, 0.4) is 0 Å². The zero-order valence-electron chi connectivity index (χ0n) is 24.9. The minimum absolute atomic E-state index is 0.0485. The maximum atomic E-state index is 14.1. The summed E-state index contributed by atoms with van der Waals surface area (Å²) in [6.45, 7) is 3.05. The van der Waals surface area contributed by atoms with Crippen molar-refractivity contribution in [1.29, 1.82) is 0 Å². The van der Waals surface area contributed by atoms with Crippen molar-refractivity contribution in [1.82, 2.24) is 10.2 Å². The number of halogens is 1. The Hall–Kier alpha value is -4.12. The fourth-order valence-electron chi connectivity index (χ4n) is 5.11. The molecule has 230 valence electrons. The first kappa shape index (κ1) is 31.8. The number of amides is 2. The SMILES string of the molecule is COc1ccc(S(=O)(=O)N(CC(=O)N(Cc2ccc(C)cc2)C(C)C(=O)NC2CCCC2)c2ccc(F)cc2)cc1OC. The number of benzene rings is 3. The molecule has 0 saturated heterocycles. The first-order valence-corrected chi connectivity index (χ1v) is 15.6. The average Bonchev–Trinajstić information content (AvgIpc) is 3.52. The second-order valence-electron chi connectivity index (χ2n) is 10.7. The van der Waals surface area contributed by atoms with E-state index in [1.165, 1.54) is 49.5 Å². The molecule has 11 heteroatoms. The van der Waals surface area contributed by atoms with Gasteiger partial charge in [-0.05, 0) is 68.7 Å². The van der Waals surface area contributed by atoms with Crippen molar-refractivity contribution in [2.75, 3.05) is 25.1 Å². The van der Waals surface area contributed by atoms with E-state index in [1.54, 1.807) is 6.92 Å². The molecule has 1 aliphatic carbocycles. The molecule has 1 aliphatic rings. The summed E-state index contributed by atoms with van der Waals surface area (Å²) < 4.78 is 53.4. The van der Waals surface area contributed by atoms with Gasteiger partial charge in [-0.2, -0.15) is 0 Å². The van der Waals surface area contributed by atoms with Crippen LogP contribution in [-0.4, -0.2) is 58.0 Å². The molecule has 0 aliphatic heterocycles. The van der Waals surface area contributed by atoms with Crippen LogP contribution in [-0.2, 0) is 26.2 Å². The van der Waals surface area contributed by atoms with Crippen LogP contribution in [0.5, 0.6) is 11.5 Å². The zero-order valence-corrected chi connectivity index (χ0v) is 25.7. The van der Waals surface area contributed by atoms with Gasteiger partial charge in [0.1, 0.15) is 18.4 Å². The summed E-state index contributed by atoms with van der Waals surface area (Å²) >= 11 is 0. The van der Waals surface area contributed by atoms with E-state index in [0.717, 1.165) is 53.2 Å². The molecule has 1 atom stereocenters. The van der Waals surface area contributed by atoms with Gasteiger partial charge in [-0.15, -0.1) is 0 Å². The highest BCUT2D eigenvalue weighted by Gasteiger charge is 2.34. The molecule has 2 amide bonds. The lowest BCUT2D eigenvalue weighted by Crippen LogP contribution is -2.52. The number of ether oxygens (including phenoxy) is 2. The van der Waals surface area contributed by atoms with Crippen LogP contribution in [0, 0.1) is 12.7 Å². The van der Waals surface area contributed by atoms with Crippen LogP contribution in [0.4, 0.5) is 10.1 Å². The van der Waals surface area contributed by atoms with Gasteiger partial charge in [0.15, 0.2) is 11.5 Å². The number of anilines is 1. The molecule has 1 N–H and O–H groups in total. The van der Waals surface area contributed by atoms with Gasteiger partial charge in [-0.25, -0.2) is 12.8 Å². The standard InChI is InChI=1S/C32H38FN3O6S/c1-22-9-11-24(12-10-22)20-35(23(2)32(38)34-26-7-5-6-8-26)31(37)21-36(27-15-13-25(33)14-16-27)43(39,40)28-17-18-29(41-3)30(19-28)42-4/h9-19,23,26H,5-8,20-21H2,1-4H3,(H,34,38). The van der Waals surface area contributed by atoms with E-state index in [9.17, 15) is 22.4 Å². The molecule has 43 heavy (non-hydrogen) atoms.